The van der Waals surface area contributed by atoms with Crippen molar-refractivity contribution in [1.82, 2.24) is 19.9 Å². The van der Waals surface area contributed by atoms with Gasteiger partial charge in [-0.1, -0.05) is 6.07 Å². The molecule has 1 amide bonds. The maximum absolute atomic E-state index is 12.3. The lowest BCUT2D eigenvalue weighted by Gasteiger charge is -2.20. The molecular weight excluding hydrogens is 308 g/mol. The summed E-state index contributed by atoms with van der Waals surface area (Å²) in [5, 5.41) is 7.26. The molecule has 1 unspecified atom stereocenters. The van der Waals surface area contributed by atoms with Gasteiger partial charge in [-0.25, -0.2) is 4.98 Å². The van der Waals surface area contributed by atoms with Gasteiger partial charge in [-0.15, -0.1) is 0 Å². The molecule has 3 rings (SSSR count). The fourth-order valence-electron chi connectivity index (χ4n) is 2.51. The van der Waals surface area contributed by atoms with Crippen molar-refractivity contribution >= 4 is 17.2 Å². The Labute approximate surface area is 139 Å². The van der Waals surface area contributed by atoms with Crippen molar-refractivity contribution < 1.29 is 4.79 Å². The molecule has 1 atom stereocenters. The van der Waals surface area contributed by atoms with E-state index in [2.05, 4.69) is 26.7 Å². The highest BCUT2D eigenvalue weighted by atomic mass is 32.1. The maximum Gasteiger partial charge on any atom is 0.240 e. The van der Waals surface area contributed by atoms with Gasteiger partial charge in [-0.3, -0.25) is 9.78 Å². The molecule has 1 N–H and O–H groups in total. The third-order valence-electron chi connectivity index (χ3n) is 3.62. The van der Waals surface area contributed by atoms with Gasteiger partial charge in [0.25, 0.3) is 0 Å². The van der Waals surface area contributed by atoms with Crippen LogP contribution in [0.2, 0.25) is 0 Å². The van der Waals surface area contributed by atoms with Gasteiger partial charge in [0.1, 0.15) is 6.54 Å². The average Bonchev–Trinajstić information content (AvgIpc) is 3.21. The van der Waals surface area contributed by atoms with E-state index in [1.807, 2.05) is 24.4 Å². The van der Waals surface area contributed by atoms with E-state index < -0.39 is 0 Å². The standard InChI is InChI=1S/C17H18N4OS/c1-13-3-2-5-19-17(13)15(9-14-4-8-23-11-14)20-16(22)10-21-7-6-18-12-21/h2-8,11-12,15H,9-10H2,1H3,(H,20,22). The van der Waals surface area contributed by atoms with Gasteiger partial charge in [0.15, 0.2) is 0 Å². The Kier molecular flexibility index (Phi) is 4.83. The van der Waals surface area contributed by atoms with E-state index in [0.717, 1.165) is 17.7 Å². The van der Waals surface area contributed by atoms with Crippen LogP contribution in [0.15, 0.2) is 53.9 Å². The molecule has 23 heavy (non-hydrogen) atoms. The summed E-state index contributed by atoms with van der Waals surface area (Å²) in [5.41, 5.74) is 3.20. The van der Waals surface area contributed by atoms with E-state index >= 15 is 0 Å². The number of carbonyl (C=O) groups is 1. The lowest BCUT2D eigenvalue weighted by molar-refractivity contribution is -0.122. The van der Waals surface area contributed by atoms with Crippen LogP contribution in [0.5, 0.6) is 0 Å². The van der Waals surface area contributed by atoms with E-state index in [-0.39, 0.29) is 18.5 Å². The highest BCUT2D eigenvalue weighted by Gasteiger charge is 2.18. The minimum Gasteiger partial charge on any atom is -0.346 e. The van der Waals surface area contributed by atoms with Crippen LogP contribution in [0.4, 0.5) is 0 Å². The van der Waals surface area contributed by atoms with Crippen molar-refractivity contribution in [3.63, 3.8) is 0 Å². The molecule has 0 aliphatic rings. The third-order valence-corrected chi connectivity index (χ3v) is 4.35. The van der Waals surface area contributed by atoms with Crippen molar-refractivity contribution in [3.05, 3.63) is 70.7 Å². The van der Waals surface area contributed by atoms with E-state index in [9.17, 15) is 4.79 Å². The number of aryl methyl sites for hydroxylation is 1. The molecule has 0 aromatic carbocycles. The molecule has 0 aliphatic heterocycles. The smallest absolute Gasteiger partial charge is 0.240 e. The summed E-state index contributed by atoms with van der Waals surface area (Å²) in [7, 11) is 0. The molecule has 3 aromatic heterocycles. The first-order chi connectivity index (χ1) is 11.2. The second-order valence-corrected chi connectivity index (χ2v) is 6.18. The van der Waals surface area contributed by atoms with Crippen molar-refractivity contribution in [2.45, 2.75) is 25.9 Å². The number of amides is 1. The zero-order valence-electron chi connectivity index (χ0n) is 12.8. The topological polar surface area (TPSA) is 59.8 Å². The number of thiophene rings is 1. The lowest BCUT2D eigenvalue weighted by atomic mass is 10.0. The van der Waals surface area contributed by atoms with Gasteiger partial charge in [0, 0.05) is 18.6 Å². The Morgan fingerprint density at radius 1 is 1.39 bits per heavy atom. The molecule has 6 heteroatoms. The number of nitrogens with one attached hydrogen (secondary N) is 1. The fourth-order valence-corrected chi connectivity index (χ4v) is 3.19. The number of pyridine rings is 1. The fraction of sp³-hybridized carbons (Fsp3) is 0.235. The van der Waals surface area contributed by atoms with E-state index in [1.54, 1.807) is 40.8 Å². The van der Waals surface area contributed by atoms with Crippen LogP contribution >= 0.6 is 11.3 Å². The highest BCUT2D eigenvalue weighted by molar-refractivity contribution is 7.07. The molecular formula is C17H18N4OS. The van der Waals surface area contributed by atoms with Gasteiger partial charge >= 0.3 is 0 Å². The Balaban J connectivity index is 1.77. The number of hydrogen-bond donors (Lipinski definition) is 1. The maximum atomic E-state index is 12.3. The Morgan fingerprint density at radius 2 is 2.30 bits per heavy atom. The van der Waals surface area contributed by atoms with Crippen LogP contribution in [0.1, 0.15) is 22.9 Å². The van der Waals surface area contributed by atoms with Crippen molar-refractivity contribution in [2.24, 2.45) is 0 Å². The Hall–Kier alpha value is -2.47. The number of hydrogen-bond acceptors (Lipinski definition) is 4. The van der Waals surface area contributed by atoms with Gasteiger partial charge in [-0.05, 0) is 47.4 Å². The number of carbonyl (C=O) groups excluding carboxylic acids is 1. The van der Waals surface area contributed by atoms with Crippen LogP contribution in [0.25, 0.3) is 0 Å². The van der Waals surface area contributed by atoms with Gasteiger partial charge in [0.05, 0.1) is 18.1 Å². The zero-order chi connectivity index (χ0) is 16.1. The van der Waals surface area contributed by atoms with Crippen molar-refractivity contribution in [3.8, 4) is 0 Å². The predicted octanol–water partition coefficient (Wildman–Crippen LogP) is 2.75. The Bertz CT molecular complexity index is 753. The highest BCUT2D eigenvalue weighted by Crippen LogP contribution is 2.21. The van der Waals surface area contributed by atoms with Crippen LogP contribution in [-0.2, 0) is 17.8 Å². The summed E-state index contributed by atoms with van der Waals surface area (Å²) >= 11 is 1.66. The molecule has 0 radical (unpaired) electrons. The van der Waals surface area contributed by atoms with Crippen LogP contribution < -0.4 is 5.32 Å². The molecule has 0 saturated heterocycles. The summed E-state index contributed by atoms with van der Waals surface area (Å²) < 4.78 is 1.75. The van der Waals surface area contributed by atoms with Crippen LogP contribution in [-0.4, -0.2) is 20.4 Å². The van der Waals surface area contributed by atoms with Gasteiger partial charge < -0.3 is 9.88 Å². The first kappa shape index (κ1) is 15.4. The number of nitrogens with zero attached hydrogens (tertiary/aromatic N) is 3. The predicted molar refractivity (Wildman–Crippen MR) is 90.1 cm³/mol. The summed E-state index contributed by atoms with van der Waals surface area (Å²) in [5.74, 6) is -0.0479. The van der Waals surface area contributed by atoms with Crippen molar-refractivity contribution in [1.29, 1.82) is 0 Å². The number of imidazole rings is 1. The molecule has 0 aliphatic carbocycles. The molecule has 5 nitrogen and oxygen atoms in total. The minimum atomic E-state index is -0.137. The quantitative estimate of drug-likeness (QED) is 0.758. The molecule has 0 saturated carbocycles. The van der Waals surface area contributed by atoms with Crippen LogP contribution in [0.3, 0.4) is 0 Å². The second-order valence-electron chi connectivity index (χ2n) is 5.40. The normalized spacial score (nSPS) is 12.0. The summed E-state index contributed by atoms with van der Waals surface area (Å²) in [6, 6.07) is 5.87. The van der Waals surface area contributed by atoms with Gasteiger partial charge in [-0.2, -0.15) is 11.3 Å². The van der Waals surface area contributed by atoms with E-state index in [4.69, 9.17) is 0 Å². The summed E-state index contributed by atoms with van der Waals surface area (Å²) in [4.78, 5) is 20.8. The molecule has 0 bridgehead atoms. The number of rotatable bonds is 6. The third kappa shape index (κ3) is 4.04. The van der Waals surface area contributed by atoms with E-state index in [0.29, 0.717) is 0 Å². The SMILES string of the molecule is Cc1cccnc1C(Cc1ccsc1)NC(=O)Cn1ccnc1. The largest absolute Gasteiger partial charge is 0.346 e. The first-order valence-electron chi connectivity index (χ1n) is 7.40. The second kappa shape index (κ2) is 7.19. The molecule has 3 heterocycles. The number of aromatic nitrogens is 3. The molecule has 0 fully saturated rings. The Morgan fingerprint density at radius 3 is 3.00 bits per heavy atom. The summed E-state index contributed by atoms with van der Waals surface area (Å²) in [6.45, 7) is 2.27. The van der Waals surface area contributed by atoms with Crippen LogP contribution in [0, 0.1) is 6.92 Å². The molecule has 0 spiro atoms. The monoisotopic (exact) mass is 326 g/mol. The lowest BCUT2D eigenvalue weighted by Crippen LogP contribution is -2.33. The molecule has 3 aromatic rings. The zero-order valence-corrected chi connectivity index (χ0v) is 13.7. The minimum absolute atomic E-state index is 0.0479. The summed E-state index contributed by atoms with van der Waals surface area (Å²) in [6.07, 6.45) is 7.58. The average molecular weight is 326 g/mol. The molecule has 118 valence electrons. The van der Waals surface area contributed by atoms with E-state index in [1.165, 1.54) is 5.56 Å². The van der Waals surface area contributed by atoms with Gasteiger partial charge in [0.2, 0.25) is 5.91 Å². The first-order valence-corrected chi connectivity index (χ1v) is 8.34. The van der Waals surface area contributed by atoms with Crippen molar-refractivity contribution in [2.75, 3.05) is 0 Å².